The number of ether oxygens (including phenoxy) is 1. The Morgan fingerprint density at radius 2 is 1.74 bits per heavy atom. The number of carbonyl (C=O) groups is 2. The van der Waals surface area contributed by atoms with Gasteiger partial charge in [-0.3, -0.25) is 9.59 Å². The van der Waals surface area contributed by atoms with E-state index in [2.05, 4.69) is 0 Å². The van der Waals surface area contributed by atoms with Gasteiger partial charge in [-0.15, -0.1) is 0 Å². The molecule has 3 aromatic rings. The number of carbonyl (C=O) groups excluding carboxylic acids is 1. The first-order valence-electron chi connectivity index (χ1n) is 11.5. The zero-order valence-electron chi connectivity index (χ0n) is 19.5. The number of aliphatic carboxylic acids is 1. The van der Waals surface area contributed by atoms with Gasteiger partial charge in [0.2, 0.25) is 5.91 Å². The molecule has 7 heteroatoms. The molecule has 1 amide bonds. The van der Waals surface area contributed by atoms with Crippen LogP contribution in [0.3, 0.4) is 0 Å². The summed E-state index contributed by atoms with van der Waals surface area (Å²) in [5.41, 5.74) is 2.64. The smallest absolute Gasteiger partial charge is 0.323 e. The molecule has 35 heavy (non-hydrogen) atoms. The highest BCUT2D eigenvalue weighted by Gasteiger charge is 2.35. The Hall–Kier alpha value is -3.74. The van der Waals surface area contributed by atoms with Crippen molar-refractivity contribution in [3.05, 3.63) is 101 Å². The normalized spacial score (nSPS) is 16.4. The SMILES string of the molecule is CC1(Cc2ccc(F)cc2)Cc2cc(CC(=O)N(CCc3ccccc3F)CC(=O)O)ccc2O1. The second-order valence-electron chi connectivity index (χ2n) is 9.20. The van der Waals surface area contributed by atoms with Crippen LogP contribution in [0.4, 0.5) is 8.78 Å². The summed E-state index contributed by atoms with van der Waals surface area (Å²) in [4.78, 5) is 25.5. The van der Waals surface area contributed by atoms with Gasteiger partial charge >= 0.3 is 5.97 Å². The summed E-state index contributed by atoms with van der Waals surface area (Å²) < 4.78 is 33.4. The van der Waals surface area contributed by atoms with Crippen LogP contribution in [0.25, 0.3) is 0 Å². The number of hydrogen-bond acceptors (Lipinski definition) is 3. The summed E-state index contributed by atoms with van der Waals surface area (Å²) in [7, 11) is 0. The number of benzene rings is 3. The van der Waals surface area contributed by atoms with E-state index in [1.807, 2.05) is 19.1 Å². The topological polar surface area (TPSA) is 66.8 Å². The highest BCUT2D eigenvalue weighted by atomic mass is 19.1. The average molecular weight is 480 g/mol. The molecule has 1 heterocycles. The maximum atomic E-state index is 13.9. The second kappa shape index (κ2) is 10.3. The van der Waals surface area contributed by atoms with Crippen molar-refractivity contribution >= 4 is 11.9 Å². The number of halogens is 2. The highest BCUT2D eigenvalue weighted by Crippen LogP contribution is 2.37. The molecule has 0 bridgehead atoms. The number of amides is 1. The van der Waals surface area contributed by atoms with Crippen molar-refractivity contribution in [3.8, 4) is 5.75 Å². The first-order chi connectivity index (χ1) is 16.7. The maximum absolute atomic E-state index is 13.9. The maximum Gasteiger partial charge on any atom is 0.323 e. The van der Waals surface area contributed by atoms with Gasteiger partial charge in [0.1, 0.15) is 29.5 Å². The molecule has 0 aromatic heterocycles. The first kappa shape index (κ1) is 24.4. The van der Waals surface area contributed by atoms with Crippen molar-refractivity contribution in [3.63, 3.8) is 0 Å². The van der Waals surface area contributed by atoms with Gasteiger partial charge in [-0.05, 0) is 59.9 Å². The Morgan fingerprint density at radius 3 is 2.46 bits per heavy atom. The molecule has 0 aliphatic carbocycles. The molecule has 0 spiro atoms. The summed E-state index contributed by atoms with van der Waals surface area (Å²) >= 11 is 0. The quantitative estimate of drug-likeness (QED) is 0.487. The monoisotopic (exact) mass is 479 g/mol. The minimum absolute atomic E-state index is 0.0342. The van der Waals surface area contributed by atoms with E-state index < -0.39 is 18.1 Å². The van der Waals surface area contributed by atoms with Gasteiger partial charge < -0.3 is 14.7 Å². The second-order valence-corrected chi connectivity index (χ2v) is 9.20. The van der Waals surface area contributed by atoms with Crippen molar-refractivity contribution in [1.29, 1.82) is 0 Å². The standard InChI is InChI=1S/C28H27F2NO4/c1-28(16-19-6-9-23(29)10-7-19)17-22-14-20(8-11-25(22)35-28)15-26(32)31(18-27(33)34)13-12-21-4-2-3-5-24(21)30/h2-11,14H,12-13,15-18H2,1H3,(H,33,34). The van der Waals surface area contributed by atoms with Gasteiger partial charge in [0.05, 0.1) is 6.42 Å². The van der Waals surface area contributed by atoms with Crippen molar-refractivity contribution in [2.24, 2.45) is 0 Å². The Kier molecular flexibility index (Phi) is 7.15. The molecule has 0 saturated carbocycles. The van der Waals surface area contributed by atoms with Crippen molar-refractivity contribution in [2.75, 3.05) is 13.1 Å². The van der Waals surface area contributed by atoms with E-state index >= 15 is 0 Å². The van der Waals surface area contributed by atoms with E-state index in [4.69, 9.17) is 4.74 Å². The fourth-order valence-corrected chi connectivity index (χ4v) is 4.52. The van der Waals surface area contributed by atoms with Gasteiger partial charge in [0, 0.05) is 19.4 Å². The minimum Gasteiger partial charge on any atom is -0.487 e. The van der Waals surface area contributed by atoms with Crippen molar-refractivity contribution in [2.45, 2.75) is 38.2 Å². The number of fused-ring (bicyclic) bond motifs is 1. The molecular weight excluding hydrogens is 452 g/mol. The van der Waals surface area contributed by atoms with Crippen LogP contribution in [0.5, 0.6) is 5.75 Å². The van der Waals surface area contributed by atoms with E-state index in [0.717, 1.165) is 22.4 Å². The molecule has 1 atom stereocenters. The predicted molar refractivity (Wildman–Crippen MR) is 127 cm³/mol. The summed E-state index contributed by atoms with van der Waals surface area (Å²) in [5, 5.41) is 9.27. The van der Waals surface area contributed by atoms with Crippen LogP contribution < -0.4 is 4.74 Å². The zero-order valence-corrected chi connectivity index (χ0v) is 19.5. The Balaban J connectivity index is 1.42. The van der Waals surface area contributed by atoms with Crippen LogP contribution in [0.2, 0.25) is 0 Å². The van der Waals surface area contributed by atoms with Crippen LogP contribution >= 0.6 is 0 Å². The summed E-state index contributed by atoms with van der Waals surface area (Å²) in [6, 6.07) is 18.2. The van der Waals surface area contributed by atoms with Crippen LogP contribution in [0, 0.1) is 11.6 Å². The fourth-order valence-electron chi connectivity index (χ4n) is 4.52. The third-order valence-corrected chi connectivity index (χ3v) is 6.18. The largest absolute Gasteiger partial charge is 0.487 e. The highest BCUT2D eigenvalue weighted by molar-refractivity contribution is 5.83. The molecule has 1 aliphatic heterocycles. The van der Waals surface area contributed by atoms with Crippen LogP contribution in [0.15, 0.2) is 66.7 Å². The van der Waals surface area contributed by atoms with E-state index in [1.54, 1.807) is 36.4 Å². The Labute approximate surface area is 203 Å². The number of nitrogens with zero attached hydrogens (tertiary/aromatic N) is 1. The van der Waals surface area contributed by atoms with Gasteiger partial charge in [0.25, 0.3) is 0 Å². The predicted octanol–water partition coefficient (Wildman–Crippen LogP) is 4.60. The van der Waals surface area contributed by atoms with Crippen molar-refractivity contribution < 1.29 is 28.2 Å². The molecule has 0 radical (unpaired) electrons. The third kappa shape index (κ3) is 6.23. The minimum atomic E-state index is -1.12. The molecule has 0 saturated heterocycles. The summed E-state index contributed by atoms with van der Waals surface area (Å²) in [6.07, 6.45) is 1.50. The number of carboxylic acid groups (broad SMARTS) is 1. The molecule has 4 rings (SSSR count). The third-order valence-electron chi connectivity index (χ3n) is 6.18. The van der Waals surface area contributed by atoms with Gasteiger partial charge in [-0.2, -0.15) is 0 Å². The van der Waals surface area contributed by atoms with E-state index in [1.165, 1.54) is 23.1 Å². The summed E-state index contributed by atoms with van der Waals surface area (Å²) in [6.45, 7) is 1.66. The molecule has 0 fully saturated rings. The Morgan fingerprint density at radius 1 is 1.03 bits per heavy atom. The van der Waals surface area contributed by atoms with Crippen molar-refractivity contribution in [1.82, 2.24) is 4.90 Å². The van der Waals surface area contributed by atoms with E-state index in [9.17, 15) is 23.5 Å². The molecule has 1 aliphatic rings. The van der Waals surface area contributed by atoms with E-state index in [-0.39, 0.29) is 36.9 Å². The summed E-state index contributed by atoms with van der Waals surface area (Å²) in [5.74, 6) is -1.37. The number of rotatable bonds is 9. The molecule has 182 valence electrons. The molecular formula is C28H27F2NO4. The zero-order chi connectivity index (χ0) is 25.0. The lowest BCUT2D eigenvalue weighted by Gasteiger charge is -2.24. The van der Waals surface area contributed by atoms with Gasteiger partial charge in [-0.1, -0.05) is 42.5 Å². The van der Waals surface area contributed by atoms with Gasteiger partial charge in [-0.25, -0.2) is 8.78 Å². The molecule has 3 aromatic carbocycles. The fraction of sp³-hybridized carbons (Fsp3) is 0.286. The number of carboxylic acids is 1. The molecule has 1 unspecified atom stereocenters. The van der Waals surface area contributed by atoms with Crippen LogP contribution in [-0.2, 0) is 35.3 Å². The molecule has 5 nitrogen and oxygen atoms in total. The van der Waals surface area contributed by atoms with Crippen LogP contribution in [-0.4, -0.2) is 40.6 Å². The average Bonchev–Trinajstić information content (AvgIpc) is 3.14. The van der Waals surface area contributed by atoms with Crippen LogP contribution in [0.1, 0.15) is 29.2 Å². The first-order valence-corrected chi connectivity index (χ1v) is 11.5. The molecule has 1 N–H and O–H groups in total. The Bertz CT molecular complexity index is 1230. The number of hydrogen-bond donors (Lipinski definition) is 1. The van der Waals surface area contributed by atoms with E-state index in [0.29, 0.717) is 18.4 Å². The lowest BCUT2D eigenvalue weighted by atomic mass is 9.91. The lowest BCUT2D eigenvalue weighted by Crippen LogP contribution is -2.38. The lowest BCUT2D eigenvalue weighted by molar-refractivity contribution is -0.144. The van der Waals surface area contributed by atoms with Gasteiger partial charge in [0.15, 0.2) is 0 Å².